The van der Waals surface area contributed by atoms with Gasteiger partial charge in [0.15, 0.2) is 11.6 Å². The lowest BCUT2D eigenvalue weighted by Crippen LogP contribution is -2.24. The molecule has 2 nitrogen and oxygen atoms in total. The number of halogens is 8. The Morgan fingerprint density at radius 1 is 0.756 bits per heavy atom. The van der Waals surface area contributed by atoms with E-state index in [1.54, 1.807) is 0 Å². The van der Waals surface area contributed by atoms with Crippen LogP contribution in [-0.4, -0.2) is 6.36 Å². The van der Waals surface area contributed by atoms with Gasteiger partial charge in [-0.05, 0) is 79.0 Å². The van der Waals surface area contributed by atoms with Crippen LogP contribution >= 0.6 is 0 Å². The smallest absolute Gasteiger partial charge is 0.428 e. The number of para-hydroxylation sites is 1. The number of unbranched alkanes of at least 4 members (excludes halogenated alkanes) is 2. The van der Waals surface area contributed by atoms with Crippen molar-refractivity contribution in [3.05, 3.63) is 83.2 Å². The predicted octanol–water partition coefficient (Wildman–Crippen LogP) is 10.7. The fraction of sp³-hybridized carbons (Fsp3) is 0.419. The van der Waals surface area contributed by atoms with Crippen molar-refractivity contribution < 1.29 is 44.6 Å². The second kappa shape index (κ2) is 12.7. The predicted molar refractivity (Wildman–Crippen MR) is 138 cm³/mol. The van der Waals surface area contributed by atoms with E-state index in [1.165, 1.54) is 43.5 Å². The molecule has 0 aromatic heterocycles. The van der Waals surface area contributed by atoms with Gasteiger partial charge in [-0.25, -0.2) is 13.2 Å². The van der Waals surface area contributed by atoms with Crippen molar-refractivity contribution in [3.8, 4) is 22.6 Å². The number of rotatable bonds is 10. The zero-order valence-electron chi connectivity index (χ0n) is 22.3. The van der Waals surface area contributed by atoms with E-state index in [1.807, 2.05) is 0 Å². The maximum atomic E-state index is 15.2. The number of benzene rings is 3. The van der Waals surface area contributed by atoms with E-state index in [9.17, 15) is 22.0 Å². The fourth-order valence-electron chi connectivity index (χ4n) is 5.40. The molecule has 0 unspecified atom stereocenters. The van der Waals surface area contributed by atoms with Gasteiger partial charge in [0.1, 0.15) is 11.6 Å². The first-order valence-electron chi connectivity index (χ1n) is 13.6. The molecule has 0 aliphatic heterocycles. The minimum atomic E-state index is -5.35. The van der Waals surface area contributed by atoms with E-state index < -0.39 is 47.0 Å². The summed E-state index contributed by atoms with van der Waals surface area (Å²) in [5.41, 5.74) is -1.02. The Morgan fingerprint density at radius 3 is 2.02 bits per heavy atom. The van der Waals surface area contributed by atoms with Gasteiger partial charge < -0.3 is 9.47 Å². The van der Waals surface area contributed by atoms with Gasteiger partial charge in [-0.15, -0.1) is 13.2 Å². The van der Waals surface area contributed by atoms with Crippen molar-refractivity contribution in [2.75, 3.05) is 0 Å². The molecule has 3 aromatic carbocycles. The third-order valence-electron chi connectivity index (χ3n) is 7.49. The molecule has 1 saturated carbocycles. The highest BCUT2D eigenvalue weighted by molar-refractivity contribution is 5.71. The Balaban J connectivity index is 1.51. The van der Waals surface area contributed by atoms with E-state index in [-0.39, 0.29) is 17.0 Å². The van der Waals surface area contributed by atoms with Gasteiger partial charge in [0.25, 0.3) is 0 Å². The van der Waals surface area contributed by atoms with E-state index in [2.05, 4.69) is 11.7 Å². The quantitative estimate of drug-likeness (QED) is 0.174. The first-order valence-corrected chi connectivity index (χ1v) is 13.6. The van der Waals surface area contributed by atoms with Crippen LogP contribution < -0.4 is 9.47 Å². The molecule has 0 amide bonds. The molecule has 0 radical (unpaired) electrons. The molecular formula is C31H30F8O2. The maximum Gasteiger partial charge on any atom is 0.573 e. The second-order valence-corrected chi connectivity index (χ2v) is 10.4. The molecule has 0 spiro atoms. The number of hydrogen-bond acceptors (Lipinski definition) is 2. The summed E-state index contributed by atoms with van der Waals surface area (Å²) in [6.07, 6.45) is -1.07. The summed E-state index contributed by atoms with van der Waals surface area (Å²) in [6.45, 7) is 2.16. The van der Waals surface area contributed by atoms with Crippen LogP contribution in [0.15, 0.2) is 54.6 Å². The van der Waals surface area contributed by atoms with Crippen LogP contribution in [0.4, 0.5) is 35.1 Å². The molecule has 0 bridgehead atoms. The lowest BCUT2D eigenvalue weighted by molar-refractivity contribution is -0.276. The zero-order valence-corrected chi connectivity index (χ0v) is 22.3. The minimum absolute atomic E-state index is 0.0744. The lowest BCUT2D eigenvalue weighted by atomic mass is 9.77. The summed E-state index contributed by atoms with van der Waals surface area (Å²) in [4.78, 5) is 0. The molecule has 3 aromatic rings. The third kappa shape index (κ3) is 7.71. The topological polar surface area (TPSA) is 18.5 Å². The van der Waals surface area contributed by atoms with Crippen molar-refractivity contribution in [3.63, 3.8) is 0 Å². The lowest BCUT2D eigenvalue weighted by Gasteiger charge is -2.29. The van der Waals surface area contributed by atoms with Gasteiger partial charge in [0, 0.05) is 5.56 Å². The SMILES string of the molecule is CCCCC[C@H]1CC[C@H](c2ccc(C(F)(F)Oc3ccccc3-c3cc(F)c(OC(F)(F)F)c(F)c3)c(F)c2)CC1. The van der Waals surface area contributed by atoms with Crippen LogP contribution in [-0.2, 0) is 6.11 Å². The average molecular weight is 587 g/mol. The van der Waals surface area contributed by atoms with E-state index in [0.29, 0.717) is 23.6 Å². The highest BCUT2D eigenvalue weighted by Crippen LogP contribution is 2.42. The van der Waals surface area contributed by atoms with Gasteiger partial charge in [0.2, 0.25) is 5.75 Å². The molecule has 0 atom stereocenters. The van der Waals surface area contributed by atoms with Gasteiger partial charge in [0.05, 0.1) is 5.56 Å². The van der Waals surface area contributed by atoms with Gasteiger partial charge in [-0.3, -0.25) is 0 Å². The Labute approximate surface area is 233 Å². The zero-order chi connectivity index (χ0) is 29.8. The Hall–Kier alpha value is -3.30. The standard InChI is InChI=1S/C31H30F8O2/c1-2-3-4-7-19-10-12-20(13-11-19)21-14-15-24(25(32)16-21)30(35,36)40-28-9-6-5-8-23(28)22-17-26(33)29(27(34)18-22)41-31(37,38)39/h5-6,8-9,14-20H,2-4,7,10-13H2,1H3/t19-,20-. The normalized spacial score (nSPS) is 17.9. The first kappa shape index (κ1) is 30.7. The summed E-state index contributed by atoms with van der Waals surface area (Å²) >= 11 is 0. The number of ether oxygens (including phenoxy) is 2. The van der Waals surface area contributed by atoms with Crippen molar-refractivity contribution in [1.82, 2.24) is 0 Å². The molecule has 0 saturated heterocycles. The molecular weight excluding hydrogens is 556 g/mol. The molecule has 1 fully saturated rings. The van der Waals surface area contributed by atoms with Crippen LogP contribution in [0.3, 0.4) is 0 Å². The molecule has 4 rings (SSSR count). The van der Waals surface area contributed by atoms with Crippen molar-refractivity contribution in [2.24, 2.45) is 5.92 Å². The van der Waals surface area contributed by atoms with Crippen molar-refractivity contribution in [1.29, 1.82) is 0 Å². The summed E-state index contributed by atoms with van der Waals surface area (Å²) in [5.74, 6) is -6.09. The number of alkyl halides is 5. The Morgan fingerprint density at radius 2 is 1.41 bits per heavy atom. The molecule has 1 aliphatic carbocycles. The van der Waals surface area contributed by atoms with Crippen LogP contribution in [0.2, 0.25) is 0 Å². The Kier molecular flexibility index (Phi) is 9.49. The first-order chi connectivity index (χ1) is 19.4. The van der Waals surface area contributed by atoms with Crippen molar-refractivity contribution >= 4 is 0 Å². The molecule has 10 heteroatoms. The van der Waals surface area contributed by atoms with E-state index in [4.69, 9.17) is 4.74 Å². The van der Waals surface area contributed by atoms with Crippen LogP contribution in [0, 0.1) is 23.4 Å². The summed E-state index contributed by atoms with van der Waals surface area (Å²) in [6, 6.07) is 9.45. The minimum Gasteiger partial charge on any atom is -0.428 e. The highest BCUT2D eigenvalue weighted by Gasteiger charge is 2.39. The average Bonchev–Trinajstić information content (AvgIpc) is 2.90. The van der Waals surface area contributed by atoms with E-state index >= 15 is 13.2 Å². The molecule has 1 aliphatic rings. The maximum absolute atomic E-state index is 15.2. The summed E-state index contributed by atoms with van der Waals surface area (Å²) < 4.78 is 120. The molecule has 222 valence electrons. The third-order valence-corrected chi connectivity index (χ3v) is 7.49. The van der Waals surface area contributed by atoms with Crippen LogP contribution in [0.5, 0.6) is 11.5 Å². The largest absolute Gasteiger partial charge is 0.573 e. The monoisotopic (exact) mass is 586 g/mol. The Bertz CT molecular complexity index is 1310. The van der Waals surface area contributed by atoms with Gasteiger partial charge in [-0.1, -0.05) is 56.9 Å². The van der Waals surface area contributed by atoms with Gasteiger partial charge in [-0.2, -0.15) is 8.78 Å². The van der Waals surface area contributed by atoms with Gasteiger partial charge >= 0.3 is 12.5 Å². The summed E-state index contributed by atoms with van der Waals surface area (Å²) in [7, 11) is 0. The fourth-order valence-corrected chi connectivity index (χ4v) is 5.40. The summed E-state index contributed by atoms with van der Waals surface area (Å²) in [5, 5.41) is 0. The van der Waals surface area contributed by atoms with Crippen LogP contribution in [0.1, 0.15) is 75.3 Å². The molecule has 41 heavy (non-hydrogen) atoms. The van der Waals surface area contributed by atoms with Crippen LogP contribution in [0.25, 0.3) is 11.1 Å². The highest BCUT2D eigenvalue weighted by atomic mass is 19.4. The second-order valence-electron chi connectivity index (χ2n) is 10.4. The van der Waals surface area contributed by atoms with Crippen molar-refractivity contribution in [2.45, 2.75) is 76.7 Å². The molecule has 0 N–H and O–H groups in total. The number of hydrogen-bond donors (Lipinski definition) is 0. The molecule has 0 heterocycles. The van der Waals surface area contributed by atoms with E-state index in [0.717, 1.165) is 50.3 Å².